The molecular formula is C22H22N2O2S. The fourth-order valence-corrected chi connectivity index (χ4v) is 4.31. The molecule has 0 saturated heterocycles. The van der Waals surface area contributed by atoms with Gasteiger partial charge in [0.05, 0.1) is 30.3 Å². The van der Waals surface area contributed by atoms with Crippen LogP contribution in [-0.4, -0.2) is 17.6 Å². The third-order valence-electron chi connectivity index (χ3n) is 4.40. The van der Waals surface area contributed by atoms with Crippen molar-refractivity contribution in [2.24, 2.45) is 4.99 Å². The van der Waals surface area contributed by atoms with Crippen molar-refractivity contribution in [3.63, 3.8) is 0 Å². The number of nitrogens with zero attached hydrogens (tertiary/aromatic N) is 2. The van der Waals surface area contributed by atoms with Crippen LogP contribution in [0.3, 0.4) is 0 Å². The van der Waals surface area contributed by atoms with Gasteiger partial charge in [0.2, 0.25) is 0 Å². The number of fused-ring (bicyclic) bond motifs is 1. The summed E-state index contributed by atoms with van der Waals surface area (Å²) in [7, 11) is 1.64. The molecule has 0 aliphatic carbocycles. The van der Waals surface area contributed by atoms with Gasteiger partial charge in [-0.1, -0.05) is 35.5 Å². The van der Waals surface area contributed by atoms with E-state index in [-0.39, 0.29) is 12.3 Å². The molecule has 0 spiro atoms. The Bertz CT molecular complexity index is 1130. The number of aromatic nitrogens is 1. The second kappa shape index (κ2) is 7.81. The van der Waals surface area contributed by atoms with Gasteiger partial charge in [-0.3, -0.25) is 4.79 Å². The Kier molecular flexibility index (Phi) is 5.48. The standard InChI is InChI=1S/C22H22N2O2S/c1-6-9-24-18-11-14(2)10-16(4)21(18)27-22(24)23-20(25)13-17-7-8-19(26-5)15(3)12-17/h1,7-8,10-12H,9,13H2,2-5H3. The summed E-state index contributed by atoms with van der Waals surface area (Å²) in [5, 5.41) is 0. The molecule has 3 rings (SSSR count). The predicted molar refractivity (Wildman–Crippen MR) is 110 cm³/mol. The number of thiazole rings is 1. The highest BCUT2D eigenvalue weighted by Gasteiger charge is 2.11. The Hall–Kier alpha value is -2.84. The highest BCUT2D eigenvalue weighted by atomic mass is 32.1. The zero-order chi connectivity index (χ0) is 19.6. The topological polar surface area (TPSA) is 43.6 Å². The minimum Gasteiger partial charge on any atom is -0.496 e. The number of amides is 1. The predicted octanol–water partition coefficient (Wildman–Crippen LogP) is 3.94. The van der Waals surface area contributed by atoms with Gasteiger partial charge >= 0.3 is 0 Å². The molecular weight excluding hydrogens is 356 g/mol. The summed E-state index contributed by atoms with van der Waals surface area (Å²) in [6.45, 7) is 6.47. The fraction of sp³-hybridized carbons (Fsp3) is 0.273. The van der Waals surface area contributed by atoms with Crippen molar-refractivity contribution < 1.29 is 9.53 Å². The van der Waals surface area contributed by atoms with E-state index in [4.69, 9.17) is 11.2 Å². The average molecular weight is 378 g/mol. The normalized spacial score (nSPS) is 11.6. The molecule has 1 amide bonds. The van der Waals surface area contributed by atoms with Gasteiger partial charge in [0, 0.05) is 0 Å². The molecule has 27 heavy (non-hydrogen) atoms. The number of carbonyl (C=O) groups excluding carboxylic acids is 1. The Balaban J connectivity index is 2.01. The lowest BCUT2D eigenvalue weighted by Crippen LogP contribution is -2.17. The highest BCUT2D eigenvalue weighted by molar-refractivity contribution is 7.16. The van der Waals surface area contributed by atoms with E-state index in [0.717, 1.165) is 32.7 Å². The smallest absolute Gasteiger partial charge is 0.252 e. The maximum absolute atomic E-state index is 12.6. The quantitative estimate of drug-likeness (QED) is 0.646. The molecule has 0 unspecified atom stereocenters. The minimum atomic E-state index is -0.189. The lowest BCUT2D eigenvalue weighted by molar-refractivity contribution is -0.117. The van der Waals surface area contributed by atoms with E-state index in [1.807, 2.05) is 29.7 Å². The van der Waals surface area contributed by atoms with Crippen LogP contribution in [0.2, 0.25) is 0 Å². The van der Waals surface area contributed by atoms with Crippen molar-refractivity contribution in [3.8, 4) is 18.1 Å². The molecule has 0 saturated carbocycles. The third kappa shape index (κ3) is 3.96. The van der Waals surface area contributed by atoms with Gasteiger partial charge in [0.1, 0.15) is 5.75 Å². The number of benzene rings is 2. The largest absolute Gasteiger partial charge is 0.496 e. The minimum absolute atomic E-state index is 0.189. The Labute approximate surface area is 163 Å². The van der Waals surface area contributed by atoms with Crippen molar-refractivity contribution in [2.75, 3.05) is 7.11 Å². The Morgan fingerprint density at radius 2 is 2.00 bits per heavy atom. The lowest BCUT2D eigenvalue weighted by atomic mass is 10.1. The van der Waals surface area contributed by atoms with Gasteiger partial charge in [0.25, 0.3) is 5.91 Å². The third-order valence-corrected chi connectivity index (χ3v) is 5.63. The van der Waals surface area contributed by atoms with E-state index < -0.39 is 0 Å². The van der Waals surface area contributed by atoms with Crippen LogP contribution in [0, 0.1) is 33.1 Å². The van der Waals surface area contributed by atoms with Crippen molar-refractivity contribution in [1.29, 1.82) is 0 Å². The summed E-state index contributed by atoms with van der Waals surface area (Å²) >= 11 is 1.51. The van der Waals surface area contributed by atoms with E-state index >= 15 is 0 Å². The molecule has 1 heterocycles. The first kappa shape index (κ1) is 18.9. The monoisotopic (exact) mass is 378 g/mol. The molecule has 3 aromatic rings. The van der Waals surface area contributed by atoms with Crippen LogP contribution in [0.15, 0.2) is 35.3 Å². The maximum atomic E-state index is 12.6. The van der Waals surface area contributed by atoms with Crippen molar-refractivity contribution in [2.45, 2.75) is 33.7 Å². The molecule has 138 valence electrons. The summed E-state index contributed by atoms with van der Waals surface area (Å²) in [6, 6.07) is 9.95. The van der Waals surface area contributed by atoms with Crippen LogP contribution in [0.1, 0.15) is 22.3 Å². The van der Waals surface area contributed by atoms with Crippen LogP contribution in [-0.2, 0) is 17.8 Å². The molecule has 0 aliphatic heterocycles. The van der Waals surface area contributed by atoms with Crippen LogP contribution in [0.25, 0.3) is 10.2 Å². The molecule has 0 aliphatic rings. The van der Waals surface area contributed by atoms with E-state index in [0.29, 0.717) is 11.3 Å². The van der Waals surface area contributed by atoms with Crippen LogP contribution in [0.5, 0.6) is 5.75 Å². The number of methoxy groups -OCH3 is 1. The molecule has 5 heteroatoms. The lowest BCUT2D eigenvalue weighted by Gasteiger charge is -2.06. The Morgan fingerprint density at radius 3 is 2.67 bits per heavy atom. The second-order valence-corrected chi connectivity index (χ2v) is 7.57. The Morgan fingerprint density at radius 1 is 1.22 bits per heavy atom. The van der Waals surface area contributed by atoms with E-state index in [1.54, 1.807) is 7.11 Å². The van der Waals surface area contributed by atoms with Gasteiger partial charge in [-0.15, -0.1) is 6.42 Å². The zero-order valence-electron chi connectivity index (χ0n) is 16.0. The van der Waals surface area contributed by atoms with Crippen LogP contribution >= 0.6 is 11.3 Å². The summed E-state index contributed by atoms with van der Waals surface area (Å²) in [4.78, 5) is 17.6. The summed E-state index contributed by atoms with van der Waals surface area (Å²) in [5.74, 6) is 3.29. The average Bonchev–Trinajstić information content (AvgIpc) is 2.93. The summed E-state index contributed by atoms with van der Waals surface area (Å²) in [6.07, 6.45) is 5.79. The number of carbonyl (C=O) groups is 1. The fourth-order valence-electron chi connectivity index (χ4n) is 3.21. The van der Waals surface area contributed by atoms with Gasteiger partial charge in [-0.2, -0.15) is 4.99 Å². The van der Waals surface area contributed by atoms with E-state index in [2.05, 4.69) is 36.9 Å². The second-order valence-electron chi connectivity index (χ2n) is 6.59. The zero-order valence-corrected chi connectivity index (χ0v) is 16.8. The maximum Gasteiger partial charge on any atom is 0.252 e. The molecule has 2 aromatic carbocycles. The van der Waals surface area contributed by atoms with Gasteiger partial charge in [-0.25, -0.2) is 0 Å². The molecule has 4 nitrogen and oxygen atoms in total. The van der Waals surface area contributed by atoms with Crippen LogP contribution < -0.4 is 9.54 Å². The first-order valence-corrected chi connectivity index (χ1v) is 9.49. The number of aryl methyl sites for hydroxylation is 3. The number of ether oxygens (including phenoxy) is 1. The van der Waals surface area contributed by atoms with Crippen molar-refractivity contribution >= 4 is 27.5 Å². The van der Waals surface area contributed by atoms with Crippen LogP contribution in [0.4, 0.5) is 0 Å². The van der Waals surface area contributed by atoms with Gasteiger partial charge < -0.3 is 9.30 Å². The summed E-state index contributed by atoms with van der Waals surface area (Å²) in [5.41, 5.74) is 5.27. The summed E-state index contributed by atoms with van der Waals surface area (Å²) < 4.78 is 8.32. The number of hydrogen-bond donors (Lipinski definition) is 0. The molecule has 0 bridgehead atoms. The first-order chi connectivity index (χ1) is 12.9. The molecule has 0 N–H and O–H groups in total. The molecule has 0 atom stereocenters. The van der Waals surface area contributed by atoms with E-state index in [9.17, 15) is 4.79 Å². The highest BCUT2D eigenvalue weighted by Crippen LogP contribution is 2.23. The van der Waals surface area contributed by atoms with E-state index in [1.165, 1.54) is 16.9 Å². The van der Waals surface area contributed by atoms with Crippen molar-refractivity contribution in [3.05, 3.63) is 57.4 Å². The molecule has 1 aromatic heterocycles. The van der Waals surface area contributed by atoms with Crippen molar-refractivity contribution in [1.82, 2.24) is 4.57 Å². The first-order valence-electron chi connectivity index (χ1n) is 8.68. The SMILES string of the molecule is C#CCn1c(=NC(=O)Cc2ccc(OC)c(C)c2)sc2c(C)cc(C)cc21. The number of hydrogen-bond acceptors (Lipinski definition) is 3. The molecule has 0 fully saturated rings. The number of terminal acetylenes is 1. The van der Waals surface area contributed by atoms with Gasteiger partial charge in [-0.05, 0) is 55.2 Å². The van der Waals surface area contributed by atoms with Gasteiger partial charge in [0.15, 0.2) is 4.80 Å². The number of rotatable bonds is 4. The molecule has 0 radical (unpaired) electrons.